The van der Waals surface area contributed by atoms with E-state index in [2.05, 4.69) is 5.32 Å². The lowest BCUT2D eigenvalue weighted by molar-refractivity contribution is -0.142. The first-order chi connectivity index (χ1) is 16.2. The summed E-state index contributed by atoms with van der Waals surface area (Å²) in [6.45, 7) is 2.20. The minimum atomic E-state index is -0.630. The zero-order valence-corrected chi connectivity index (χ0v) is 19.1. The molecule has 2 amide bonds. The average Bonchev–Trinajstić information content (AvgIpc) is 3.37. The van der Waals surface area contributed by atoms with Crippen LogP contribution in [-0.4, -0.2) is 49.7 Å². The maximum atomic E-state index is 13.3. The molecule has 7 heteroatoms. The number of benzene rings is 2. The van der Waals surface area contributed by atoms with E-state index in [1.165, 1.54) is 0 Å². The van der Waals surface area contributed by atoms with Crippen LogP contribution in [-0.2, 0) is 20.9 Å². The van der Waals surface area contributed by atoms with Crippen LogP contribution in [0.25, 0.3) is 0 Å². The van der Waals surface area contributed by atoms with E-state index >= 15 is 0 Å². The van der Waals surface area contributed by atoms with Crippen molar-refractivity contribution in [1.82, 2.24) is 10.2 Å². The molecule has 2 fully saturated rings. The fourth-order valence-corrected chi connectivity index (χ4v) is 4.39. The molecule has 2 heterocycles. The fraction of sp³-hybridized carbons (Fsp3) is 0.462. The number of amides is 2. The molecule has 2 atom stereocenters. The summed E-state index contributed by atoms with van der Waals surface area (Å²) < 4.78 is 17.0. The van der Waals surface area contributed by atoms with Crippen LogP contribution in [0, 0.1) is 0 Å². The Kier molecular flexibility index (Phi) is 7.83. The average molecular weight is 453 g/mol. The Morgan fingerprint density at radius 3 is 2.73 bits per heavy atom. The molecular formula is C26H32N2O5. The van der Waals surface area contributed by atoms with E-state index in [4.69, 9.17) is 14.2 Å². The van der Waals surface area contributed by atoms with Crippen LogP contribution >= 0.6 is 0 Å². The van der Waals surface area contributed by atoms with Gasteiger partial charge < -0.3 is 24.4 Å². The third kappa shape index (κ3) is 5.85. The van der Waals surface area contributed by atoms with Crippen LogP contribution in [0.1, 0.15) is 49.3 Å². The molecule has 0 saturated carbocycles. The minimum Gasteiger partial charge on any atom is -0.493 e. The van der Waals surface area contributed by atoms with Crippen LogP contribution in [0.5, 0.6) is 11.5 Å². The summed E-state index contributed by atoms with van der Waals surface area (Å²) in [7, 11) is 1.60. The zero-order chi connectivity index (χ0) is 23.0. The number of rotatable bonds is 9. The first kappa shape index (κ1) is 23.1. The lowest BCUT2D eigenvalue weighted by Crippen LogP contribution is -2.45. The van der Waals surface area contributed by atoms with E-state index in [0.717, 1.165) is 43.4 Å². The van der Waals surface area contributed by atoms with Gasteiger partial charge in [-0.15, -0.1) is 0 Å². The van der Waals surface area contributed by atoms with Crippen LogP contribution < -0.4 is 14.8 Å². The molecule has 0 bridgehead atoms. The number of hydrogen-bond acceptors (Lipinski definition) is 5. The highest BCUT2D eigenvalue weighted by Crippen LogP contribution is 2.30. The highest BCUT2D eigenvalue weighted by Gasteiger charge is 2.32. The van der Waals surface area contributed by atoms with Crippen molar-refractivity contribution in [3.05, 3.63) is 59.7 Å². The fourth-order valence-electron chi connectivity index (χ4n) is 4.39. The van der Waals surface area contributed by atoms with Crippen molar-refractivity contribution in [1.29, 1.82) is 0 Å². The molecule has 2 saturated heterocycles. The summed E-state index contributed by atoms with van der Waals surface area (Å²) in [4.78, 5) is 27.5. The molecule has 2 aliphatic rings. The summed E-state index contributed by atoms with van der Waals surface area (Å²) in [5, 5.41) is 3.01. The Balaban J connectivity index is 1.42. The lowest BCUT2D eigenvalue weighted by atomic mass is 10.0. The van der Waals surface area contributed by atoms with E-state index in [1.807, 2.05) is 48.5 Å². The van der Waals surface area contributed by atoms with Crippen molar-refractivity contribution < 1.29 is 23.8 Å². The Bertz CT molecular complexity index is 943. The Labute approximate surface area is 195 Å². The van der Waals surface area contributed by atoms with E-state index in [0.29, 0.717) is 37.6 Å². The molecule has 1 N–H and O–H groups in total. The number of methoxy groups -OCH3 is 1. The third-order valence-electron chi connectivity index (χ3n) is 6.18. The van der Waals surface area contributed by atoms with Crippen molar-refractivity contribution in [2.45, 2.75) is 50.8 Å². The number of carbonyl (C=O) groups excluding carboxylic acids is 2. The number of ether oxygens (including phenoxy) is 3. The van der Waals surface area contributed by atoms with Crippen molar-refractivity contribution in [2.24, 2.45) is 0 Å². The molecule has 0 spiro atoms. The molecular weight excluding hydrogens is 420 g/mol. The first-order valence-electron chi connectivity index (χ1n) is 11.7. The van der Waals surface area contributed by atoms with Gasteiger partial charge in [0.1, 0.15) is 12.6 Å². The first-order valence-corrected chi connectivity index (χ1v) is 11.7. The summed E-state index contributed by atoms with van der Waals surface area (Å²) in [6.07, 6.45) is 4.47. The molecule has 0 aliphatic carbocycles. The molecule has 33 heavy (non-hydrogen) atoms. The van der Waals surface area contributed by atoms with Gasteiger partial charge >= 0.3 is 0 Å². The predicted molar refractivity (Wildman–Crippen MR) is 124 cm³/mol. The van der Waals surface area contributed by atoms with Crippen LogP contribution in [0.15, 0.2) is 48.5 Å². The maximum Gasteiger partial charge on any atom is 0.247 e. The van der Waals surface area contributed by atoms with Crippen molar-refractivity contribution in [2.75, 3.05) is 26.9 Å². The van der Waals surface area contributed by atoms with E-state index < -0.39 is 6.04 Å². The van der Waals surface area contributed by atoms with Gasteiger partial charge in [-0.3, -0.25) is 9.59 Å². The third-order valence-corrected chi connectivity index (χ3v) is 6.18. The number of likely N-dealkylation sites (tertiary alicyclic amines) is 1. The smallest absolute Gasteiger partial charge is 0.247 e. The monoisotopic (exact) mass is 452 g/mol. The second-order valence-corrected chi connectivity index (χ2v) is 8.51. The van der Waals surface area contributed by atoms with Gasteiger partial charge in [0.15, 0.2) is 11.5 Å². The van der Waals surface area contributed by atoms with Gasteiger partial charge in [0.2, 0.25) is 11.8 Å². The SMILES string of the molecule is COc1cc(CNC(=O)C(c2ccccc2)N2CCCCC2=O)ccc1OCC1CCCO1. The van der Waals surface area contributed by atoms with Crippen LogP contribution in [0.3, 0.4) is 0 Å². The quantitative estimate of drug-likeness (QED) is 0.629. The number of carbonyl (C=O) groups is 2. The number of hydrogen-bond donors (Lipinski definition) is 1. The van der Waals surface area contributed by atoms with Crippen LogP contribution in [0.4, 0.5) is 0 Å². The van der Waals surface area contributed by atoms with Crippen molar-refractivity contribution >= 4 is 11.8 Å². The van der Waals surface area contributed by atoms with E-state index in [9.17, 15) is 9.59 Å². The highest BCUT2D eigenvalue weighted by atomic mass is 16.5. The summed E-state index contributed by atoms with van der Waals surface area (Å²) >= 11 is 0. The summed E-state index contributed by atoms with van der Waals surface area (Å²) in [6, 6.07) is 14.5. The molecule has 2 unspecified atom stereocenters. The lowest BCUT2D eigenvalue weighted by Gasteiger charge is -2.34. The second kappa shape index (κ2) is 11.2. The molecule has 2 aliphatic heterocycles. The van der Waals surface area contributed by atoms with Gasteiger partial charge in [-0.2, -0.15) is 0 Å². The van der Waals surface area contributed by atoms with Gasteiger partial charge in [-0.1, -0.05) is 36.4 Å². The minimum absolute atomic E-state index is 0.0275. The predicted octanol–water partition coefficient (Wildman–Crippen LogP) is 3.62. The Morgan fingerprint density at radius 1 is 1.15 bits per heavy atom. The molecule has 0 aromatic heterocycles. The Morgan fingerprint density at radius 2 is 2.00 bits per heavy atom. The summed E-state index contributed by atoms with van der Waals surface area (Å²) in [5.74, 6) is 1.11. The highest BCUT2D eigenvalue weighted by molar-refractivity contribution is 5.89. The van der Waals surface area contributed by atoms with E-state index in [-0.39, 0.29) is 17.9 Å². The molecule has 2 aromatic carbocycles. The Hall–Kier alpha value is -3.06. The molecule has 7 nitrogen and oxygen atoms in total. The summed E-state index contributed by atoms with van der Waals surface area (Å²) in [5.41, 5.74) is 1.71. The van der Waals surface area contributed by atoms with Gasteiger partial charge in [-0.05, 0) is 48.9 Å². The number of nitrogens with one attached hydrogen (secondary N) is 1. The van der Waals surface area contributed by atoms with Crippen molar-refractivity contribution in [3.63, 3.8) is 0 Å². The molecule has 176 valence electrons. The molecule has 0 radical (unpaired) electrons. The standard InChI is InChI=1S/C26H32N2O5/c1-31-23-16-19(12-13-22(23)33-18-21-10-7-15-32-21)17-27-26(30)25(20-8-3-2-4-9-20)28-14-6-5-11-24(28)29/h2-4,8-9,12-13,16,21,25H,5-7,10-11,14-15,17-18H2,1H3,(H,27,30). The van der Waals surface area contributed by atoms with Gasteiger partial charge in [-0.25, -0.2) is 0 Å². The second-order valence-electron chi connectivity index (χ2n) is 8.51. The normalized spacial score (nSPS) is 19.2. The number of nitrogens with zero attached hydrogens (tertiary/aromatic N) is 1. The van der Waals surface area contributed by atoms with E-state index in [1.54, 1.807) is 12.0 Å². The van der Waals surface area contributed by atoms with Gasteiger partial charge in [0, 0.05) is 26.1 Å². The van der Waals surface area contributed by atoms with Gasteiger partial charge in [0.05, 0.1) is 13.2 Å². The van der Waals surface area contributed by atoms with Crippen LogP contribution in [0.2, 0.25) is 0 Å². The van der Waals surface area contributed by atoms with Gasteiger partial charge in [0.25, 0.3) is 0 Å². The van der Waals surface area contributed by atoms with Crippen molar-refractivity contribution in [3.8, 4) is 11.5 Å². The topological polar surface area (TPSA) is 77.1 Å². The maximum absolute atomic E-state index is 13.3. The zero-order valence-electron chi connectivity index (χ0n) is 19.1. The number of piperidine rings is 1. The molecule has 2 aromatic rings. The molecule has 4 rings (SSSR count). The largest absolute Gasteiger partial charge is 0.493 e.